The molecule has 1 aromatic heterocycles. The number of rotatable bonds is 6. The number of nitro benzene ring substituents is 1. The predicted molar refractivity (Wildman–Crippen MR) is 83.8 cm³/mol. The predicted octanol–water partition coefficient (Wildman–Crippen LogP) is 1.75. The van der Waals surface area contributed by atoms with Gasteiger partial charge in [-0.2, -0.15) is 4.68 Å². The molecule has 0 aliphatic carbocycles. The molecule has 2 rings (SSSR count). The lowest BCUT2D eigenvalue weighted by molar-refractivity contribution is -0.389. The zero-order valence-electron chi connectivity index (χ0n) is 13.1. The van der Waals surface area contributed by atoms with Crippen molar-refractivity contribution in [2.75, 3.05) is 6.54 Å². The van der Waals surface area contributed by atoms with Gasteiger partial charge in [-0.3, -0.25) is 14.9 Å². The molecule has 0 aliphatic heterocycles. The van der Waals surface area contributed by atoms with Gasteiger partial charge in [-0.05, 0) is 24.8 Å². The van der Waals surface area contributed by atoms with Crippen LogP contribution in [0, 0.1) is 34.1 Å². The Labute approximate surface area is 136 Å². The lowest BCUT2D eigenvalue weighted by Gasteiger charge is -2.06. The molecule has 10 heteroatoms. The summed E-state index contributed by atoms with van der Waals surface area (Å²) in [6.45, 7) is 3.69. The van der Waals surface area contributed by atoms with Gasteiger partial charge >= 0.3 is 5.82 Å². The summed E-state index contributed by atoms with van der Waals surface area (Å²) in [5.41, 5.74) is 1.12. The minimum absolute atomic E-state index is 0.124. The third kappa shape index (κ3) is 3.72. The van der Waals surface area contributed by atoms with E-state index in [1.807, 2.05) is 0 Å². The van der Waals surface area contributed by atoms with E-state index >= 15 is 0 Å². The lowest BCUT2D eigenvalue weighted by atomic mass is 10.1. The number of amides is 1. The van der Waals surface area contributed by atoms with E-state index in [2.05, 4.69) is 10.4 Å². The second-order valence-electron chi connectivity index (χ2n) is 5.14. The molecule has 0 saturated carbocycles. The number of nitrogens with one attached hydrogen (secondary N) is 1. The van der Waals surface area contributed by atoms with Crippen LogP contribution in [0.15, 0.2) is 24.3 Å². The van der Waals surface area contributed by atoms with E-state index in [1.165, 1.54) is 28.9 Å². The van der Waals surface area contributed by atoms with Crippen LogP contribution in [0.3, 0.4) is 0 Å². The largest absolute Gasteiger partial charge is 0.390 e. The number of benzene rings is 1. The van der Waals surface area contributed by atoms with Crippen LogP contribution in [0.2, 0.25) is 0 Å². The van der Waals surface area contributed by atoms with E-state index in [0.29, 0.717) is 11.3 Å². The smallest absolute Gasteiger partial charge is 0.358 e. The van der Waals surface area contributed by atoms with Crippen LogP contribution < -0.4 is 5.32 Å². The van der Waals surface area contributed by atoms with Crippen LogP contribution in [0.25, 0.3) is 0 Å². The number of hydrogen-bond donors (Lipinski definition) is 1. The molecule has 1 N–H and O–H groups in total. The Kier molecular flexibility index (Phi) is 4.87. The van der Waals surface area contributed by atoms with Crippen LogP contribution >= 0.6 is 0 Å². The SMILES string of the molecule is Cc1ccc(C(=O)NCCn2nc([N+](=O)[O-])cc2C)cc1[N+](=O)[O-]. The maximum Gasteiger partial charge on any atom is 0.390 e. The fraction of sp³-hybridized carbons (Fsp3) is 0.286. The van der Waals surface area contributed by atoms with Crippen molar-refractivity contribution >= 4 is 17.4 Å². The summed E-state index contributed by atoms with van der Waals surface area (Å²) in [4.78, 5) is 32.5. The fourth-order valence-corrected chi connectivity index (χ4v) is 2.13. The maximum atomic E-state index is 12.0. The highest BCUT2D eigenvalue weighted by Gasteiger charge is 2.17. The average Bonchev–Trinajstić information content (AvgIpc) is 2.89. The Balaban J connectivity index is 2.00. The molecular formula is C14H15N5O5. The van der Waals surface area contributed by atoms with Gasteiger partial charge in [-0.25, -0.2) is 0 Å². The molecule has 1 heterocycles. The normalized spacial score (nSPS) is 10.4. The topological polar surface area (TPSA) is 133 Å². The quantitative estimate of drug-likeness (QED) is 0.632. The molecule has 126 valence electrons. The van der Waals surface area contributed by atoms with Crippen LogP contribution in [-0.2, 0) is 6.54 Å². The van der Waals surface area contributed by atoms with Gasteiger partial charge < -0.3 is 15.4 Å². The molecule has 1 amide bonds. The summed E-state index contributed by atoms with van der Waals surface area (Å²) in [7, 11) is 0. The highest BCUT2D eigenvalue weighted by molar-refractivity contribution is 5.94. The Morgan fingerprint density at radius 1 is 1.21 bits per heavy atom. The van der Waals surface area contributed by atoms with E-state index in [9.17, 15) is 25.0 Å². The van der Waals surface area contributed by atoms with Gasteiger partial charge in [0, 0.05) is 23.7 Å². The van der Waals surface area contributed by atoms with Gasteiger partial charge in [0.25, 0.3) is 11.6 Å². The molecule has 10 nitrogen and oxygen atoms in total. The van der Waals surface area contributed by atoms with E-state index in [4.69, 9.17) is 0 Å². The van der Waals surface area contributed by atoms with Crippen LogP contribution in [0.5, 0.6) is 0 Å². The number of carbonyl (C=O) groups is 1. The van der Waals surface area contributed by atoms with Crippen molar-refractivity contribution < 1.29 is 14.6 Å². The second-order valence-corrected chi connectivity index (χ2v) is 5.14. The van der Waals surface area contributed by atoms with Crippen molar-refractivity contribution in [3.05, 3.63) is 61.3 Å². The third-order valence-corrected chi connectivity index (χ3v) is 3.43. The van der Waals surface area contributed by atoms with Crippen molar-refractivity contribution in [2.24, 2.45) is 0 Å². The third-order valence-electron chi connectivity index (χ3n) is 3.43. The van der Waals surface area contributed by atoms with E-state index in [0.717, 1.165) is 0 Å². The van der Waals surface area contributed by atoms with Gasteiger partial charge in [0.2, 0.25) is 0 Å². The highest BCUT2D eigenvalue weighted by Crippen LogP contribution is 2.19. The summed E-state index contributed by atoms with van der Waals surface area (Å²) in [5.74, 6) is -0.717. The summed E-state index contributed by atoms with van der Waals surface area (Å²) >= 11 is 0. The molecule has 0 aliphatic rings. The zero-order valence-corrected chi connectivity index (χ0v) is 13.1. The summed E-state index contributed by atoms with van der Waals surface area (Å²) < 4.78 is 1.41. The molecule has 0 fully saturated rings. The number of carbonyl (C=O) groups excluding carboxylic acids is 1. The average molecular weight is 333 g/mol. The molecular weight excluding hydrogens is 318 g/mol. The minimum atomic E-state index is -0.590. The minimum Gasteiger partial charge on any atom is -0.358 e. The number of nitrogens with zero attached hydrogens (tertiary/aromatic N) is 4. The highest BCUT2D eigenvalue weighted by atomic mass is 16.6. The first-order valence-corrected chi connectivity index (χ1v) is 7.01. The molecule has 0 radical (unpaired) electrons. The van der Waals surface area contributed by atoms with E-state index < -0.39 is 15.8 Å². The van der Waals surface area contributed by atoms with Crippen LogP contribution in [-0.4, -0.2) is 32.1 Å². The Hall–Kier alpha value is -3.30. The van der Waals surface area contributed by atoms with Crippen LogP contribution in [0.4, 0.5) is 11.5 Å². The van der Waals surface area contributed by atoms with E-state index in [1.54, 1.807) is 13.8 Å². The number of aromatic nitrogens is 2. The van der Waals surface area contributed by atoms with Gasteiger partial charge in [0.15, 0.2) is 0 Å². The Morgan fingerprint density at radius 3 is 2.50 bits per heavy atom. The van der Waals surface area contributed by atoms with Gasteiger partial charge in [-0.15, -0.1) is 0 Å². The Bertz CT molecular complexity index is 814. The fourth-order valence-electron chi connectivity index (χ4n) is 2.13. The van der Waals surface area contributed by atoms with Gasteiger partial charge in [-0.1, -0.05) is 6.07 Å². The van der Waals surface area contributed by atoms with Gasteiger partial charge in [0.05, 0.1) is 28.3 Å². The van der Waals surface area contributed by atoms with Crippen LogP contribution in [0.1, 0.15) is 21.6 Å². The number of hydrogen-bond acceptors (Lipinski definition) is 6. The molecule has 24 heavy (non-hydrogen) atoms. The molecule has 0 unspecified atom stereocenters. The molecule has 0 atom stereocenters. The first-order valence-electron chi connectivity index (χ1n) is 7.01. The number of aryl methyl sites for hydroxylation is 2. The molecule has 0 bridgehead atoms. The van der Waals surface area contributed by atoms with E-state index in [-0.39, 0.29) is 30.2 Å². The van der Waals surface area contributed by atoms with Crippen molar-refractivity contribution in [3.63, 3.8) is 0 Å². The molecule has 0 saturated heterocycles. The van der Waals surface area contributed by atoms with Crippen molar-refractivity contribution in [1.82, 2.24) is 15.1 Å². The summed E-state index contributed by atoms with van der Waals surface area (Å²) in [6.07, 6.45) is 0. The first kappa shape index (κ1) is 17.1. The van der Waals surface area contributed by atoms with Crippen molar-refractivity contribution in [1.29, 1.82) is 0 Å². The second kappa shape index (κ2) is 6.86. The summed E-state index contributed by atoms with van der Waals surface area (Å²) in [6, 6.07) is 5.57. The zero-order chi connectivity index (χ0) is 17.9. The summed E-state index contributed by atoms with van der Waals surface area (Å²) in [5, 5.41) is 28.0. The number of nitro groups is 2. The monoisotopic (exact) mass is 333 g/mol. The van der Waals surface area contributed by atoms with Gasteiger partial charge in [0.1, 0.15) is 0 Å². The van der Waals surface area contributed by atoms with Crippen molar-refractivity contribution in [3.8, 4) is 0 Å². The lowest BCUT2D eigenvalue weighted by Crippen LogP contribution is -2.27. The molecule has 0 spiro atoms. The Morgan fingerprint density at radius 2 is 1.92 bits per heavy atom. The first-order chi connectivity index (χ1) is 11.3. The molecule has 1 aromatic carbocycles. The maximum absolute atomic E-state index is 12.0. The van der Waals surface area contributed by atoms with Crippen molar-refractivity contribution in [2.45, 2.75) is 20.4 Å². The standard InChI is InChI=1S/C14H15N5O5/c1-9-3-4-11(8-12(9)18(21)22)14(20)15-5-6-17-10(2)7-13(16-17)19(23)24/h3-4,7-8H,5-6H2,1-2H3,(H,15,20). The molecule has 2 aromatic rings.